The summed E-state index contributed by atoms with van der Waals surface area (Å²) in [5.74, 6) is 1.44. The number of fused-ring (bicyclic) bond motifs is 1. The zero-order valence-electron chi connectivity index (χ0n) is 11.6. The van der Waals surface area contributed by atoms with E-state index in [0.717, 1.165) is 16.4 Å². The molecule has 0 radical (unpaired) electrons. The van der Waals surface area contributed by atoms with Gasteiger partial charge in [0.2, 0.25) is 0 Å². The van der Waals surface area contributed by atoms with Crippen LogP contribution in [0.25, 0.3) is 20.7 Å². The van der Waals surface area contributed by atoms with Crippen LogP contribution in [-0.4, -0.2) is 15.0 Å². The number of pyridine rings is 1. The number of nitrogens with zero attached hydrogens (tertiary/aromatic N) is 3. The van der Waals surface area contributed by atoms with Crippen LogP contribution in [0.2, 0.25) is 0 Å². The van der Waals surface area contributed by atoms with E-state index in [4.69, 9.17) is 0 Å². The number of anilines is 2. The lowest BCUT2D eigenvalue weighted by molar-refractivity contribution is 1.19. The number of nitrogens with one attached hydrogen (secondary N) is 1. The van der Waals surface area contributed by atoms with Gasteiger partial charge in [-0.25, -0.2) is 9.97 Å². The van der Waals surface area contributed by atoms with Crippen molar-refractivity contribution in [3.8, 4) is 10.6 Å². The summed E-state index contributed by atoms with van der Waals surface area (Å²) in [5, 5.41) is 4.40. The van der Waals surface area contributed by atoms with Crippen molar-refractivity contribution in [2.24, 2.45) is 0 Å². The minimum absolute atomic E-state index is 0.689. The van der Waals surface area contributed by atoms with E-state index in [2.05, 4.69) is 38.5 Å². The van der Waals surface area contributed by atoms with Crippen LogP contribution in [0.15, 0.2) is 67.1 Å². The van der Waals surface area contributed by atoms with E-state index < -0.39 is 0 Å². The van der Waals surface area contributed by atoms with Crippen molar-refractivity contribution in [1.82, 2.24) is 15.0 Å². The fourth-order valence-electron chi connectivity index (χ4n) is 2.22. The molecule has 0 atom stereocenters. The second-order valence-electron chi connectivity index (χ2n) is 4.78. The maximum absolute atomic E-state index is 4.63. The maximum atomic E-state index is 4.63. The molecule has 0 fully saturated rings. The Kier molecular flexibility index (Phi) is 3.25. The number of benzene rings is 1. The summed E-state index contributed by atoms with van der Waals surface area (Å²) in [7, 11) is 0. The van der Waals surface area contributed by atoms with Crippen LogP contribution in [-0.2, 0) is 0 Å². The fourth-order valence-corrected chi connectivity index (χ4v) is 3.24. The van der Waals surface area contributed by atoms with Gasteiger partial charge >= 0.3 is 0 Å². The van der Waals surface area contributed by atoms with Gasteiger partial charge in [0.05, 0.1) is 17.3 Å². The Hall–Kier alpha value is -2.79. The van der Waals surface area contributed by atoms with Crippen molar-refractivity contribution < 1.29 is 0 Å². The van der Waals surface area contributed by atoms with Crippen LogP contribution < -0.4 is 5.32 Å². The van der Waals surface area contributed by atoms with Crippen LogP contribution >= 0.6 is 11.3 Å². The SMILES string of the molecule is c1ccc(Nc2cncc(-c3cc4ccccc4s3)n2)nc1. The Bertz CT molecular complexity index is 885. The Morgan fingerprint density at radius 3 is 2.68 bits per heavy atom. The van der Waals surface area contributed by atoms with E-state index in [1.54, 1.807) is 29.9 Å². The fraction of sp³-hybridized carbons (Fsp3) is 0. The van der Waals surface area contributed by atoms with Gasteiger partial charge in [-0.15, -0.1) is 11.3 Å². The Morgan fingerprint density at radius 2 is 1.82 bits per heavy atom. The molecule has 4 nitrogen and oxygen atoms in total. The predicted molar refractivity (Wildman–Crippen MR) is 90.4 cm³/mol. The highest BCUT2D eigenvalue weighted by atomic mass is 32.1. The van der Waals surface area contributed by atoms with Crippen LogP contribution in [0.1, 0.15) is 0 Å². The van der Waals surface area contributed by atoms with E-state index in [1.165, 1.54) is 10.1 Å². The summed E-state index contributed by atoms with van der Waals surface area (Å²) in [6.07, 6.45) is 5.23. The summed E-state index contributed by atoms with van der Waals surface area (Å²) >= 11 is 1.72. The first-order chi connectivity index (χ1) is 10.9. The largest absolute Gasteiger partial charge is 0.324 e. The molecule has 0 saturated heterocycles. The molecular weight excluding hydrogens is 292 g/mol. The first-order valence-corrected chi connectivity index (χ1v) is 7.69. The number of hydrogen-bond acceptors (Lipinski definition) is 5. The summed E-state index contributed by atoms with van der Waals surface area (Å²) < 4.78 is 1.25. The lowest BCUT2D eigenvalue weighted by atomic mass is 10.2. The molecule has 0 aliphatic carbocycles. The molecule has 5 heteroatoms. The maximum Gasteiger partial charge on any atom is 0.150 e. The third kappa shape index (κ3) is 2.54. The average molecular weight is 304 g/mol. The molecule has 0 spiro atoms. The quantitative estimate of drug-likeness (QED) is 0.605. The van der Waals surface area contributed by atoms with Crippen LogP contribution in [0.4, 0.5) is 11.6 Å². The summed E-state index contributed by atoms with van der Waals surface area (Å²) in [6.45, 7) is 0. The smallest absolute Gasteiger partial charge is 0.150 e. The Morgan fingerprint density at radius 1 is 0.909 bits per heavy atom. The number of rotatable bonds is 3. The number of hydrogen-bond donors (Lipinski definition) is 1. The standard InChI is InChI=1S/C17H12N4S/c1-2-6-14-12(5-1)9-15(22-14)13-10-18-11-17(20-13)21-16-7-3-4-8-19-16/h1-11H,(H,19,20,21). The molecule has 1 aromatic carbocycles. The molecule has 4 rings (SSSR count). The Labute approximate surface area is 131 Å². The van der Waals surface area contributed by atoms with Crippen LogP contribution in [0, 0.1) is 0 Å². The van der Waals surface area contributed by atoms with Crippen molar-refractivity contribution in [3.63, 3.8) is 0 Å². The van der Waals surface area contributed by atoms with Gasteiger partial charge in [-0.3, -0.25) is 4.98 Å². The van der Waals surface area contributed by atoms with Crippen molar-refractivity contribution in [3.05, 3.63) is 67.1 Å². The molecule has 0 amide bonds. The molecule has 0 aliphatic rings. The summed E-state index contributed by atoms with van der Waals surface area (Å²) in [5.41, 5.74) is 0.863. The van der Waals surface area contributed by atoms with Gasteiger partial charge in [0.1, 0.15) is 11.5 Å². The molecule has 106 valence electrons. The minimum Gasteiger partial charge on any atom is -0.324 e. The van der Waals surface area contributed by atoms with Gasteiger partial charge in [0, 0.05) is 10.9 Å². The van der Waals surface area contributed by atoms with Gasteiger partial charge in [0.15, 0.2) is 5.82 Å². The molecule has 0 unspecified atom stereocenters. The van der Waals surface area contributed by atoms with Gasteiger partial charge in [0.25, 0.3) is 0 Å². The monoisotopic (exact) mass is 304 g/mol. The van der Waals surface area contributed by atoms with Crippen molar-refractivity contribution >= 4 is 33.1 Å². The zero-order valence-corrected chi connectivity index (χ0v) is 12.4. The van der Waals surface area contributed by atoms with Gasteiger partial charge in [-0.05, 0) is 29.7 Å². The highest BCUT2D eigenvalue weighted by molar-refractivity contribution is 7.22. The summed E-state index contributed by atoms with van der Waals surface area (Å²) in [6, 6.07) is 16.2. The van der Waals surface area contributed by atoms with Crippen LogP contribution in [0.3, 0.4) is 0 Å². The van der Waals surface area contributed by atoms with Gasteiger partial charge < -0.3 is 5.32 Å². The van der Waals surface area contributed by atoms with Gasteiger partial charge in [-0.1, -0.05) is 24.3 Å². The molecule has 3 aromatic heterocycles. The lowest BCUT2D eigenvalue weighted by Gasteiger charge is -2.04. The van der Waals surface area contributed by atoms with Crippen molar-refractivity contribution in [1.29, 1.82) is 0 Å². The van der Waals surface area contributed by atoms with E-state index in [-0.39, 0.29) is 0 Å². The molecule has 22 heavy (non-hydrogen) atoms. The van der Waals surface area contributed by atoms with E-state index in [0.29, 0.717) is 5.82 Å². The zero-order chi connectivity index (χ0) is 14.8. The van der Waals surface area contributed by atoms with E-state index >= 15 is 0 Å². The van der Waals surface area contributed by atoms with Crippen molar-refractivity contribution in [2.45, 2.75) is 0 Å². The molecular formula is C17H12N4S. The molecule has 4 aromatic rings. The third-order valence-electron chi connectivity index (χ3n) is 3.23. The second kappa shape index (κ2) is 5.54. The first-order valence-electron chi connectivity index (χ1n) is 6.87. The average Bonchev–Trinajstić information content (AvgIpc) is 3.00. The topological polar surface area (TPSA) is 50.7 Å². The highest BCUT2D eigenvalue weighted by Gasteiger charge is 2.07. The summed E-state index contributed by atoms with van der Waals surface area (Å²) in [4.78, 5) is 14.3. The van der Waals surface area contributed by atoms with E-state index in [1.807, 2.05) is 30.3 Å². The highest BCUT2D eigenvalue weighted by Crippen LogP contribution is 2.32. The molecule has 0 aliphatic heterocycles. The van der Waals surface area contributed by atoms with Crippen LogP contribution in [0.5, 0.6) is 0 Å². The molecule has 0 bridgehead atoms. The number of thiophene rings is 1. The lowest BCUT2D eigenvalue weighted by Crippen LogP contribution is -1.97. The third-order valence-corrected chi connectivity index (χ3v) is 4.37. The van der Waals surface area contributed by atoms with Gasteiger partial charge in [-0.2, -0.15) is 0 Å². The molecule has 0 saturated carbocycles. The van der Waals surface area contributed by atoms with Crippen molar-refractivity contribution in [2.75, 3.05) is 5.32 Å². The number of aromatic nitrogens is 3. The van der Waals surface area contributed by atoms with E-state index in [9.17, 15) is 0 Å². The molecule has 3 heterocycles. The first kappa shape index (κ1) is 12.9. The Balaban J connectivity index is 1.69. The normalized spacial score (nSPS) is 10.7. The predicted octanol–water partition coefficient (Wildman–Crippen LogP) is 4.50. The minimum atomic E-state index is 0.689. The second-order valence-corrected chi connectivity index (χ2v) is 5.86. The molecule has 1 N–H and O–H groups in total.